The molecule has 0 amide bonds. The average Bonchev–Trinajstić information content (AvgIpc) is 2.99. The van der Waals surface area contributed by atoms with E-state index in [1.807, 2.05) is 60.7 Å². The fourth-order valence-electron chi connectivity index (χ4n) is 2.04. The molecule has 3 aromatic rings. The summed E-state index contributed by atoms with van der Waals surface area (Å²) in [6.45, 7) is 0. The predicted molar refractivity (Wildman–Crippen MR) is 76.8 cm³/mol. The van der Waals surface area contributed by atoms with Crippen molar-refractivity contribution in [2.45, 2.75) is 12.5 Å². The van der Waals surface area contributed by atoms with Gasteiger partial charge in [-0.2, -0.15) is 0 Å². The lowest BCUT2D eigenvalue weighted by Crippen LogP contribution is -2.13. The van der Waals surface area contributed by atoms with Crippen LogP contribution in [0.15, 0.2) is 65.1 Å². The van der Waals surface area contributed by atoms with Gasteiger partial charge in [-0.05, 0) is 24.1 Å². The molecule has 1 unspecified atom stereocenters. The first kappa shape index (κ1) is 12.6. The summed E-state index contributed by atoms with van der Waals surface area (Å²) in [6, 6.07) is 19.4. The summed E-state index contributed by atoms with van der Waals surface area (Å²) < 4.78 is 5.66. The normalized spacial score (nSPS) is 12.2. The van der Waals surface area contributed by atoms with E-state index in [0.29, 0.717) is 18.2 Å². The second-order valence-electron chi connectivity index (χ2n) is 4.61. The molecule has 0 spiro atoms. The Morgan fingerprint density at radius 2 is 1.55 bits per heavy atom. The molecule has 0 aliphatic rings. The third-order valence-electron chi connectivity index (χ3n) is 3.08. The molecule has 1 aromatic heterocycles. The van der Waals surface area contributed by atoms with Crippen molar-refractivity contribution in [3.05, 3.63) is 72.1 Å². The van der Waals surface area contributed by atoms with Crippen LogP contribution in [0.4, 0.5) is 0 Å². The molecular weight excluding hydrogens is 250 g/mol. The maximum atomic E-state index is 6.12. The van der Waals surface area contributed by atoms with Crippen LogP contribution in [0.3, 0.4) is 0 Å². The fourth-order valence-corrected chi connectivity index (χ4v) is 2.04. The highest BCUT2D eigenvalue weighted by Gasteiger charge is 2.15. The molecule has 0 saturated heterocycles. The third-order valence-corrected chi connectivity index (χ3v) is 3.08. The Hall–Kier alpha value is -2.46. The number of hydrogen-bond acceptors (Lipinski definition) is 4. The molecule has 3 rings (SSSR count). The summed E-state index contributed by atoms with van der Waals surface area (Å²) in [4.78, 5) is 0. The molecule has 2 aromatic carbocycles. The van der Waals surface area contributed by atoms with E-state index in [1.54, 1.807) is 0 Å². The van der Waals surface area contributed by atoms with E-state index < -0.39 is 0 Å². The number of hydrogen-bond donors (Lipinski definition) is 1. The zero-order valence-corrected chi connectivity index (χ0v) is 10.9. The van der Waals surface area contributed by atoms with Crippen molar-refractivity contribution in [3.8, 4) is 11.5 Å². The molecule has 0 radical (unpaired) electrons. The largest absolute Gasteiger partial charge is 0.419 e. The third kappa shape index (κ3) is 2.75. The highest BCUT2D eigenvalue weighted by Crippen LogP contribution is 2.21. The number of rotatable bonds is 4. The van der Waals surface area contributed by atoms with Gasteiger partial charge in [-0.25, -0.2) is 0 Å². The first-order valence-corrected chi connectivity index (χ1v) is 6.51. The standard InChI is InChI=1S/C16H15N3O/c17-14(11-12-7-3-1-4-8-12)16-19-18-15(20-16)13-9-5-2-6-10-13/h1-10,14H,11,17H2. The fraction of sp³-hybridized carbons (Fsp3) is 0.125. The van der Waals surface area contributed by atoms with Gasteiger partial charge in [-0.3, -0.25) is 0 Å². The summed E-state index contributed by atoms with van der Waals surface area (Å²) in [5, 5.41) is 8.10. The number of nitrogens with two attached hydrogens (primary N) is 1. The topological polar surface area (TPSA) is 64.9 Å². The Bertz CT molecular complexity index is 664. The van der Waals surface area contributed by atoms with Gasteiger partial charge in [-0.1, -0.05) is 48.5 Å². The van der Waals surface area contributed by atoms with Crippen LogP contribution in [-0.2, 0) is 6.42 Å². The van der Waals surface area contributed by atoms with E-state index in [0.717, 1.165) is 11.1 Å². The Labute approximate surface area is 117 Å². The highest BCUT2D eigenvalue weighted by molar-refractivity contribution is 5.51. The van der Waals surface area contributed by atoms with Gasteiger partial charge in [0, 0.05) is 5.56 Å². The summed E-state index contributed by atoms with van der Waals surface area (Å²) in [6.07, 6.45) is 0.678. The van der Waals surface area contributed by atoms with Gasteiger partial charge in [0.2, 0.25) is 11.8 Å². The second-order valence-corrected chi connectivity index (χ2v) is 4.61. The van der Waals surface area contributed by atoms with Crippen molar-refractivity contribution < 1.29 is 4.42 Å². The van der Waals surface area contributed by atoms with Gasteiger partial charge < -0.3 is 10.2 Å². The minimum absolute atomic E-state index is 0.289. The summed E-state index contributed by atoms with van der Waals surface area (Å²) >= 11 is 0. The lowest BCUT2D eigenvalue weighted by molar-refractivity contribution is 0.457. The van der Waals surface area contributed by atoms with Crippen molar-refractivity contribution in [1.29, 1.82) is 0 Å². The van der Waals surface area contributed by atoms with Gasteiger partial charge >= 0.3 is 0 Å². The van der Waals surface area contributed by atoms with Gasteiger partial charge in [-0.15, -0.1) is 10.2 Å². The van der Waals surface area contributed by atoms with Crippen LogP contribution in [0, 0.1) is 0 Å². The smallest absolute Gasteiger partial charge is 0.247 e. The SMILES string of the molecule is NC(Cc1ccccc1)c1nnc(-c2ccccc2)o1. The van der Waals surface area contributed by atoms with E-state index in [1.165, 1.54) is 0 Å². The Balaban J connectivity index is 1.77. The number of aromatic nitrogens is 2. The molecule has 4 heteroatoms. The summed E-state index contributed by atoms with van der Waals surface area (Å²) in [5.41, 5.74) is 8.18. The van der Waals surface area contributed by atoms with Gasteiger partial charge in [0.25, 0.3) is 0 Å². The van der Waals surface area contributed by atoms with Crippen molar-refractivity contribution in [2.75, 3.05) is 0 Å². The maximum Gasteiger partial charge on any atom is 0.247 e. The molecule has 0 aliphatic heterocycles. The zero-order valence-electron chi connectivity index (χ0n) is 10.9. The molecule has 0 saturated carbocycles. The molecule has 0 aliphatic carbocycles. The minimum atomic E-state index is -0.289. The molecule has 1 atom stereocenters. The van der Waals surface area contributed by atoms with Crippen LogP contribution in [0.25, 0.3) is 11.5 Å². The highest BCUT2D eigenvalue weighted by atomic mass is 16.4. The first-order chi connectivity index (χ1) is 9.83. The van der Waals surface area contributed by atoms with Crippen LogP contribution >= 0.6 is 0 Å². The maximum absolute atomic E-state index is 6.12. The quantitative estimate of drug-likeness (QED) is 0.787. The molecule has 0 fully saturated rings. The van der Waals surface area contributed by atoms with Crippen molar-refractivity contribution in [2.24, 2.45) is 5.73 Å². The number of benzene rings is 2. The molecule has 0 bridgehead atoms. The van der Waals surface area contributed by atoms with Crippen LogP contribution in [0.5, 0.6) is 0 Å². The lowest BCUT2D eigenvalue weighted by Gasteiger charge is -2.06. The lowest BCUT2D eigenvalue weighted by atomic mass is 10.1. The summed E-state index contributed by atoms with van der Waals surface area (Å²) in [7, 11) is 0. The molecule has 100 valence electrons. The predicted octanol–water partition coefficient (Wildman–Crippen LogP) is 2.98. The Morgan fingerprint density at radius 1 is 0.900 bits per heavy atom. The van der Waals surface area contributed by atoms with Crippen molar-refractivity contribution in [3.63, 3.8) is 0 Å². The molecular formula is C16H15N3O. The van der Waals surface area contributed by atoms with Crippen molar-refractivity contribution >= 4 is 0 Å². The van der Waals surface area contributed by atoms with Gasteiger partial charge in [0.1, 0.15) is 0 Å². The van der Waals surface area contributed by atoms with E-state index in [2.05, 4.69) is 10.2 Å². The van der Waals surface area contributed by atoms with Gasteiger partial charge in [0.15, 0.2) is 0 Å². The molecule has 2 N–H and O–H groups in total. The van der Waals surface area contributed by atoms with E-state index in [4.69, 9.17) is 10.2 Å². The van der Waals surface area contributed by atoms with Crippen LogP contribution < -0.4 is 5.73 Å². The van der Waals surface area contributed by atoms with E-state index in [9.17, 15) is 0 Å². The zero-order chi connectivity index (χ0) is 13.8. The first-order valence-electron chi connectivity index (χ1n) is 6.51. The van der Waals surface area contributed by atoms with Crippen LogP contribution in [0.1, 0.15) is 17.5 Å². The molecule has 1 heterocycles. The van der Waals surface area contributed by atoms with Crippen LogP contribution in [-0.4, -0.2) is 10.2 Å². The molecule has 20 heavy (non-hydrogen) atoms. The number of nitrogens with zero attached hydrogens (tertiary/aromatic N) is 2. The summed E-state index contributed by atoms with van der Waals surface area (Å²) in [5.74, 6) is 0.969. The average molecular weight is 265 g/mol. The van der Waals surface area contributed by atoms with Gasteiger partial charge in [0.05, 0.1) is 6.04 Å². The minimum Gasteiger partial charge on any atom is -0.419 e. The second kappa shape index (κ2) is 5.67. The Kier molecular flexibility index (Phi) is 3.56. The van der Waals surface area contributed by atoms with Crippen LogP contribution in [0.2, 0.25) is 0 Å². The van der Waals surface area contributed by atoms with E-state index >= 15 is 0 Å². The van der Waals surface area contributed by atoms with E-state index in [-0.39, 0.29) is 6.04 Å². The van der Waals surface area contributed by atoms with Crippen molar-refractivity contribution in [1.82, 2.24) is 10.2 Å². The monoisotopic (exact) mass is 265 g/mol. The molecule has 4 nitrogen and oxygen atoms in total. The Morgan fingerprint density at radius 3 is 2.25 bits per heavy atom.